The van der Waals surface area contributed by atoms with Gasteiger partial charge in [0.2, 0.25) is 11.8 Å². The normalized spacial score (nSPS) is 22.9. The topological polar surface area (TPSA) is 49.4 Å². The van der Waals surface area contributed by atoms with Crippen LogP contribution in [0.2, 0.25) is 5.02 Å². The minimum Gasteiger partial charge on any atom is -0.353 e. The molecule has 2 aliphatic rings. The molecule has 2 fully saturated rings. The lowest BCUT2D eigenvalue weighted by Gasteiger charge is -2.24. The average Bonchev–Trinajstić information content (AvgIpc) is 2.91. The van der Waals surface area contributed by atoms with Crippen LogP contribution in [0.25, 0.3) is 0 Å². The van der Waals surface area contributed by atoms with Gasteiger partial charge in [-0.3, -0.25) is 9.59 Å². The maximum atomic E-state index is 12.4. The molecule has 0 radical (unpaired) electrons. The molecule has 1 aromatic carbocycles. The molecule has 0 spiro atoms. The quantitative estimate of drug-likeness (QED) is 0.930. The van der Waals surface area contributed by atoms with Gasteiger partial charge in [0.25, 0.3) is 0 Å². The SMILES string of the molecule is O=C(NC1CCCCC1)[C@H]1CC(=O)N(c2ccccc2Cl)C1. The summed E-state index contributed by atoms with van der Waals surface area (Å²) in [4.78, 5) is 26.3. The third kappa shape index (κ3) is 3.27. The first-order chi connectivity index (χ1) is 10.6. The van der Waals surface area contributed by atoms with Crippen molar-refractivity contribution in [2.45, 2.75) is 44.6 Å². The van der Waals surface area contributed by atoms with Crippen LogP contribution in [0.5, 0.6) is 0 Å². The summed E-state index contributed by atoms with van der Waals surface area (Å²) in [7, 11) is 0. The highest BCUT2D eigenvalue weighted by Gasteiger charge is 2.36. The van der Waals surface area contributed by atoms with E-state index in [1.807, 2.05) is 18.2 Å². The van der Waals surface area contributed by atoms with E-state index in [1.54, 1.807) is 11.0 Å². The van der Waals surface area contributed by atoms with Gasteiger partial charge in [-0.15, -0.1) is 0 Å². The molecular weight excluding hydrogens is 300 g/mol. The standard InChI is InChI=1S/C17H21ClN2O2/c18-14-8-4-5-9-15(14)20-11-12(10-16(20)21)17(22)19-13-6-2-1-3-7-13/h4-5,8-9,12-13H,1-3,6-7,10-11H2,(H,19,22)/t12-/m0/s1. The van der Waals surface area contributed by atoms with Gasteiger partial charge in [-0.1, -0.05) is 43.0 Å². The number of rotatable bonds is 3. The summed E-state index contributed by atoms with van der Waals surface area (Å²) in [6.45, 7) is 0.418. The zero-order valence-corrected chi connectivity index (χ0v) is 13.3. The largest absolute Gasteiger partial charge is 0.353 e. The minimum atomic E-state index is -0.273. The molecule has 1 aliphatic heterocycles. The van der Waals surface area contributed by atoms with E-state index in [-0.39, 0.29) is 30.2 Å². The van der Waals surface area contributed by atoms with Crippen molar-refractivity contribution in [3.8, 4) is 0 Å². The Balaban J connectivity index is 1.64. The van der Waals surface area contributed by atoms with E-state index in [9.17, 15) is 9.59 Å². The van der Waals surface area contributed by atoms with E-state index in [2.05, 4.69) is 5.32 Å². The molecule has 0 bridgehead atoms. The number of benzene rings is 1. The van der Waals surface area contributed by atoms with Crippen molar-refractivity contribution < 1.29 is 9.59 Å². The van der Waals surface area contributed by atoms with Crippen molar-refractivity contribution in [3.05, 3.63) is 29.3 Å². The van der Waals surface area contributed by atoms with Gasteiger partial charge in [-0.2, -0.15) is 0 Å². The van der Waals surface area contributed by atoms with Crippen molar-refractivity contribution in [2.24, 2.45) is 5.92 Å². The molecule has 0 aromatic heterocycles. The van der Waals surface area contributed by atoms with Gasteiger partial charge in [0.1, 0.15) is 0 Å². The Morgan fingerprint density at radius 1 is 1.18 bits per heavy atom. The highest BCUT2D eigenvalue weighted by molar-refractivity contribution is 6.33. The van der Waals surface area contributed by atoms with Gasteiger partial charge in [0.05, 0.1) is 16.6 Å². The predicted molar refractivity (Wildman–Crippen MR) is 86.9 cm³/mol. The van der Waals surface area contributed by atoms with Gasteiger partial charge >= 0.3 is 0 Å². The lowest BCUT2D eigenvalue weighted by molar-refractivity contribution is -0.127. The zero-order chi connectivity index (χ0) is 15.5. The summed E-state index contributed by atoms with van der Waals surface area (Å²) < 4.78 is 0. The lowest BCUT2D eigenvalue weighted by atomic mass is 9.95. The van der Waals surface area contributed by atoms with Gasteiger partial charge in [-0.05, 0) is 25.0 Å². The predicted octanol–water partition coefficient (Wildman–Crippen LogP) is 3.14. The molecule has 3 rings (SSSR count). The molecule has 1 atom stereocenters. The molecule has 0 unspecified atom stereocenters. The van der Waals surface area contributed by atoms with Crippen LogP contribution in [-0.2, 0) is 9.59 Å². The van der Waals surface area contributed by atoms with Crippen LogP contribution < -0.4 is 10.2 Å². The van der Waals surface area contributed by atoms with Crippen LogP contribution in [-0.4, -0.2) is 24.4 Å². The molecule has 22 heavy (non-hydrogen) atoms. The maximum absolute atomic E-state index is 12.4. The Bertz CT molecular complexity index is 570. The Hall–Kier alpha value is -1.55. The fraction of sp³-hybridized carbons (Fsp3) is 0.529. The number of carbonyl (C=O) groups is 2. The molecule has 5 heteroatoms. The van der Waals surface area contributed by atoms with Crippen LogP contribution >= 0.6 is 11.6 Å². The number of nitrogens with one attached hydrogen (secondary N) is 1. The molecule has 1 saturated carbocycles. The number of anilines is 1. The summed E-state index contributed by atoms with van der Waals surface area (Å²) >= 11 is 6.16. The van der Waals surface area contributed by atoms with Crippen LogP contribution in [0.3, 0.4) is 0 Å². The molecule has 1 N–H and O–H groups in total. The Labute approximate surface area is 135 Å². The number of amides is 2. The van der Waals surface area contributed by atoms with E-state index < -0.39 is 0 Å². The van der Waals surface area contributed by atoms with Crippen molar-refractivity contribution in [1.82, 2.24) is 5.32 Å². The summed E-state index contributed by atoms with van der Waals surface area (Å²) in [6, 6.07) is 7.55. The van der Waals surface area contributed by atoms with E-state index in [1.165, 1.54) is 19.3 Å². The number of hydrogen-bond donors (Lipinski definition) is 1. The van der Waals surface area contributed by atoms with Crippen LogP contribution in [0.15, 0.2) is 24.3 Å². The van der Waals surface area contributed by atoms with E-state index >= 15 is 0 Å². The Morgan fingerprint density at radius 2 is 1.91 bits per heavy atom. The second kappa shape index (κ2) is 6.69. The maximum Gasteiger partial charge on any atom is 0.227 e. The number of nitrogens with zero attached hydrogens (tertiary/aromatic N) is 1. The first-order valence-corrected chi connectivity index (χ1v) is 8.38. The number of carbonyl (C=O) groups excluding carboxylic acids is 2. The molecule has 1 heterocycles. The average molecular weight is 321 g/mol. The number of halogens is 1. The number of hydrogen-bond acceptors (Lipinski definition) is 2. The minimum absolute atomic E-state index is 0.00908. The molecule has 118 valence electrons. The molecule has 1 aliphatic carbocycles. The molecule has 4 nitrogen and oxygen atoms in total. The molecule has 1 saturated heterocycles. The zero-order valence-electron chi connectivity index (χ0n) is 12.6. The van der Waals surface area contributed by atoms with E-state index in [0.717, 1.165) is 12.8 Å². The monoisotopic (exact) mass is 320 g/mol. The Kier molecular flexibility index (Phi) is 4.67. The van der Waals surface area contributed by atoms with Gasteiger partial charge in [0.15, 0.2) is 0 Å². The summed E-state index contributed by atoms with van der Waals surface area (Å²) in [6.07, 6.45) is 6.00. The van der Waals surface area contributed by atoms with Crippen LogP contribution in [0.1, 0.15) is 38.5 Å². The molecular formula is C17H21ClN2O2. The van der Waals surface area contributed by atoms with Gasteiger partial charge in [0, 0.05) is 19.0 Å². The summed E-state index contributed by atoms with van der Waals surface area (Å²) in [5.41, 5.74) is 0.696. The first-order valence-electron chi connectivity index (χ1n) is 8.00. The van der Waals surface area contributed by atoms with Crippen LogP contribution in [0.4, 0.5) is 5.69 Å². The second-order valence-electron chi connectivity index (χ2n) is 6.20. The van der Waals surface area contributed by atoms with Crippen molar-refractivity contribution in [2.75, 3.05) is 11.4 Å². The number of para-hydroxylation sites is 1. The third-order valence-corrected chi connectivity index (χ3v) is 4.91. The highest BCUT2D eigenvalue weighted by Crippen LogP contribution is 2.31. The fourth-order valence-electron chi connectivity index (χ4n) is 3.35. The van der Waals surface area contributed by atoms with E-state index in [0.29, 0.717) is 17.3 Å². The second-order valence-corrected chi connectivity index (χ2v) is 6.61. The lowest BCUT2D eigenvalue weighted by Crippen LogP contribution is -2.40. The van der Waals surface area contributed by atoms with Crippen molar-refractivity contribution >= 4 is 29.1 Å². The van der Waals surface area contributed by atoms with Crippen molar-refractivity contribution in [3.63, 3.8) is 0 Å². The Morgan fingerprint density at radius 3 is 2.64 bits per heavy atom. The van der Waals surface area contributed by atoms with E-state index in [4.69, 9.17) is 11.6 Å². The summed E-state index contributed by atoms with van der Waals surface area (Å²) in [5, 5.41) is 3.66. The molecule has 1 aromatic rings. The third-order valence-electron chi connectivity index (χ3n) is 4.59. The smallest absolute Gasteiger partial charge is 0.227 e. The first kappa shape index (κ1) is 15.3. The highest BCUT2D eigenvalue weighted by atomic mass is 35.5. The van der Waals surface area contributed by atoms with Gasteiger partial charge in [-0.25, -0.2) is 0 Å². The fourth-order valence-corrected chi connectivity index (χ4v) is 3.59. The van der Waals surface area contributed by atoms with Crippen LogP contribution in [0, 0.1) is 5.92 Å². The molecule has 2 amide bonds. The summed E-state index contributed by atoms with van der Waals surface area (Å²) in [5.74, 6) is -0.294. The van der Waals surface area contributed by atoms with Crippen molar-refractivity contribution in [1.29, 1.82) is 0 Å². The van der Waals surface area contributed by atoms with Gasteiger partial charge < -0.3 is 10.2 Å².